The van der Waals surface area contributed by atoms with Gasteiger partial charge >= 0.3 is 0 Å². The number of nitro groups is 1. The molecule has 7 nitrogen and oxygen atoms in total. The highest BCUT2D eigenvalue weighted by Crippen LogP contribution is 2.20. The van der Waals surface area contributed by atoms with Crippen LogP contribution >= 0.6 is 0 Å². The Morgan fingerprint density at radius 1 is 1.27 bits per heavy atom. The average molecular weight is 301 g/mol. The molecule has 0 aliphatic carbocycles. The highest BCUT2D eigenvalue weighted by Gasteiger charge is 2.19. The number of nitro benzene ring substituents is 1. The zero-order valence-electron chi connectivity index (χ0n) is 12.2. The molecule has 22 heavy (non-hydrogen) atoms. The van der Waals surface area contributed by atoms with E-state index in [9.17, 15) is 19.7 Å². The van der Waals surface area contributed by atoms with Gasteiger partial charge in [0.25, 0.3) is 5.69 Å². The average Bonchev–Trinajstić information content (AvgIpc) is 2.72. The van der Waals surface area contributed by atoms with Crippen molar-refractivity contribution in [3.05, 3.63) is 63.0 Å². The van der Waals surface area contributed by atoms with E-state index in [0.29, 0.717) is 17.0 Å². The minimum absolute atomic E-state index is 0.0465. The normalized spacial score (nSPS) is 10.5. The Balaban J connectivity index is 2.39. The monoisotopic (exact) mass is 301 g/mol. The molecule has 2 rings (SSSR count). The predicted octanol–water partition coefficient (Wildman–Crippen LogP) is 1.50. The standard InChI is InChI=1S/C15H15N3O4/c1-9-7-12(8-13(16)19)17(2)14(9)15(20)10-3-5-11(6-4-10)18(21)22/h3-7H,8H2,1-2H3,(H2,16,19). The van der Waals surface area contributed by atoms with Crippen LogP contribution in [-0.4, -0.2) is 21.2 Å². The molecular weight excluding hydrogens is 286 g/mol. The van der Waals surface area contributed by atoms with Gasteiger partial charge in [-0.15, -0.1) is 0 Å². The minimum Gasteiger partial charge on any atom is -0.369 e. The molecule has 7 heteroatoms. The van der Waals surface area contributed by atoms with Crippen molar-refractivity contribution in [3.8, 4) is 0 Å². The number of primary amides is 1. The molecule has 0 saturated heterocycles. The largest absolute Gasteiger partial charge is 0.369 e. The summed E-state index contributed by atoms with van der Waals surface area (Å²) in [6.07, 6.45) is 0.0465. The van der Waals surface area contributed by atoms with Gasteiger partial charge in [0.2, 0.25) is 11.7 Å². The summed E-state index contributed by atoms with van der Waals surface area (Å²) in [6.45, 7) is 1.77. The molecule has 0 unspecified atom stereocenters. The lowest BCUT2D eigenvalue weighted by Crippen LogP contribution is -2.17. The van der Waals surface area contributed by atoms with Crippen LogP contribution in [0.3, 0.4) is 0 Å². The molecule has 1 aromatic heterocycles. The van der Waals surface area contributed by atoms with E-state index < -0.39 is 10.8 Å². The Hall–Kier alpha value is -2.96. The molecule has 0 aliphatic heterocycles. The first kappa shape index (κ1) is 15.4. The lowest BCUT2D eigenvalue weighted by atomic mass is 10.1. The number of non-ortho nitro benzene ring substituents is 1. The number of nitrogens with zero attached hydrogens (tertiary/aromatic N) is 2. The number of aromatic nitrogens is 1. The second-order valence-corrected chi connectivity index (χ2v) is 5.00. The van der Waals surface area contributed by atoms with E-state index in [1.54, 1.807) is 24.6 Å². The van der Waals surface area contributed by atoms with Crippen molar-refractivity contribution in [1.29, 1.82) is 0 Å². The lowest BCUT2D eigenvalue weighted by molar-refractivity contribution is -0.384. The second-order valence-electron chi connectivity index (χ2n) is 5.00. The summed E-state index contributed by atoms with van der Waals surface area (Å²) in [7, 11) is 1.68. The number of hydrogen-bond acceptors (Lipinski definition) is 4. The first-order valence-electron chi connectivity index (χ1n) is 6.54. The smallest absolute Gasteiger partial charge is 0.269 e. The van der Waals surface area contributed by atoms with Crippen molar-refractivity contribution in [2.45, 2.75) is 13.3 Å². The second kappa shape index (κ2) is 5.80. The molecular formula is C15H15N3O4. The quantitative estimate of drug-likeness (QED) is 0.512. The van der Waals surface area contributed by atoms with Crippen LogP contribution in [0.1, 0.15) is 27.3 Å². The minimum atomic E-state index is -0.521. The van der Waals surface area contributed by atoms with Crippen molar-refractivity contribution in [2.75, 3.05) is 0 Å². The summed E-state index contributed by atoms with van der Waals surface area (Å²) in [6, 6.07) is 7.15. The topological polar surface area (TPSA) is 108 Å². The van der Waals surface area contributed by atoms with Crippen LogP contribution in [0.25, 0.3) is 0 Å². The van der Waals surface area contributed by atoms with Gasteiger partial charge in [-0.3, -0.25) is 19.7 Å². The van der Waals surface area contributed by atoms with E-state index in [2.05, 4.69) is 0 Å². The van der Waals surface area contributed by atoms with Crippen LogP contribution in [-0.2, 0) is 18.3 Å². The highest BCUT2D eigenvalue weighted by molar-refractivity contribution is 6.09. The van der Waals surface area contributed by atoms with Gasteiger partial charge in [-0.25, -0.2) is 0 Å². The summed E-state index contributed by atoms with van der Waals surface area (Å²) in [5, 5.41) is 10.6. The van der Waals surface area contributed by atoms with E-state index in [4.69, 9.17) is 5.73 Å². The van der Waals surface area contributed by atoms with Crippen molar-refractivity contribution in [2.24, 2.45) is 12.8 Å². The molecule has 2 aromatic rings. The predicted molar refractivity (Wildman–Crippen MR) is 79.6 cm³/mol. The number of aryl methyl sites for hydroxylation is 1. The van der Waals surface area contributed by atoms with E-state index in [1.807, 2.05) is 0 Å². The van der Waals surface area contributed by atoms with Gasteiger partial charge in [0.15, 0.2) is 0 Å². The number of rotatable bonds is 5. The zero-order valence-corrected chi connectivity index (χ0v) is 12.2. The van der Waals surface area contributed by atoms with Gasteiger partial charge in [-0.2, -0.15) is 0 Å². The fourth-order valence-corrected chi connectivity index (χ4v) is 2.37. The van der Waals surface area contributed by atoms with Crippen molar-refractivity contribution < 1.29 is 14.5 Å². The number of carbonyl (C=O) groups excluding carboxylic acids is 2. The van der Waals surface area contributed by atoms with E-state index in [-0.39, 0.29) is 17.9 Å². The molecule has 0 saturated carbocycles. The summed E-state index contributed by atoms with van der Waals surface area (Å²) in [5.74, 6) is -0.736. The third-order valence-corrected chi connectivity index (χ3v) is 3.43. The Kier molecular flexibility index (Phi) is 4.07. The van der Waals surface area contributed by atoms with Crippen LogP contribution < -0.4 is 5.73 Å². The summed E-state index contributed by atoms with van der Waals surface area (Å²) < 4.78 is 1.63. The SMILES string of the molecule is Cc1cc(CC(N)=O)n(C)c1C(=O)c1ccc([N+](=O)[O-])cc1. The number of benzene rings is 1. The van der Waals surface area contributed by atoms with Gasteiger partial charge in [0.05, 0.1) is 17.0 Å². The van der Waals surface area contributed by atoms with Crippen LogP contribution in [0.15, 0.2) is 30.3 Å². The van der Waals surface area contributed by atoms with Gasteiger partial charge in [-0.1, -0.05) is 0 Å². The molecule has 0 fully saturated rings. The zero-order chi connectivity index (χ0) is 16.4. The third-order valence-electron chi connectivity index (χ3n) is 3.43. The molecule has 0 bridgehead atoms. The molecule has 0 aliphatic rings. The molecule has 0 radical (unpaired) electrons. The van der Waals surface area contributed by atoms with Gasteiger partial charge in [0.1, 0.15) is 0 Å². The highest BCUT2D eigenvalue weighted by atomic mass is 16.6. The van der Waals surface area contributed by atoms with Crippen molar-refractivity contribution in [1.82, 2.24) is 4.57 Å². The lowest BCUT2D eigenvalue weighted by Gasteiger charge is -2.07. The summed E-state index contributed by atoms with van der Waals surface area (Å²) in [5.41, 5.74) is 7.26. The third kappa shape index (κ3) is 2.88. The number of ketones is 1. The maximum atomic E-state index is 12.6. The Morgan fingerprint density at radius 2 is 1.86 bits per heavy atom. The van der Waals surface area contributed by atoms with E-state index in [1.165, 1.54) is 24.3 Å². The Bertz CT molecular complexity index is 760. The first-order chi connectivity index (χ1) is 10.3. The fraction of sp³-hybridized carbons (Fsp3) is 0.200. The molecule has 0 spiro atoms. The van der Waals surface area contributed by atoms with Crippen LogP contribution in [0.5, 0.6) is 0 Å². The maximum absolute atomic E-state index is 12.6. The van der Waals surface area contributed by atoms with Gasteiger partial charge < -0.3 is 10.3 Å². The Labute approximate surface area is 126 Å². The molecule has 0 atom stereocenters. The Morgan fingerprint density at radius 3 is 2.36 bits per heavy atom. The van der Waals surface area contributed by atoms with Crippen molar-refractivity contribution >= 4 is 17.4 Å². The summed E-state index contributed by atoms with van der Waals surface area (Å²) >= 11 is 0. The number of hydrogen-bond donors (Lipinski definition) is 1. The molecule has 2 N–H and O–H groups in total. The molecule has 1 heterocycles. The molecule has 114 valence electrons. The van der Waals surface area contributed by atoms with E-state index in [0.717, 1.165) is 5.56 Å². The van der Waals surface area contributed by atoms with Gasteiger partial charge in [-0.05, 0) is 30.7 Å². The summed E-state index contributed by atoms with van der Waals surface area (Å²) in [4.78, 5) is 33.7. The fourth-order valence-electron chi connectivity index (χ4n) is 2.37. The molecule has 1 amide bonds. The first-order valence-corrected chi connectivity index (χ1v) is 6.54. The molecule has 1 aromatic carbocycles. The number of amides is 1. The van der Waals surface area contributed by atoms with Crippen LogP contribution in [0.2, 0.25) is 0 Å². The van der Waals surface area contributed by atoms with E-state index >= 15 is 0 Å². The van der Waals surface area contributed by atoms with Crippen LogP contribution in [0, 0.1) is 17.0 Å². The van der Waals surface area contributed by atoms with Crippen molar-refractivity contribution in [3.63, 3.8) is 0 Å². The number of nitrogens with two attached hydrogens (primary N) is 1. The maximum Gasteiger partial charge on any atom is 0.269 e. The van der Waals surface area contributed by atoms with Crippen LogP contribution in [0.4, 0.5) is 5.69 Å². The van der Waals surface area contributed by atoms with Gasteiger partial charge in [0, 0.05) is 30.4 Å². The number of carbonyl (C=O) groups is 2.